The molecule has 0 aliphatic heterocycles. The summed E-state index contributed by atoms with van der Waals surface area (Å²) in [5.74, 6) is -0.783. The standard InChI is InChI=1S/C10H18N2O3/c1-3-15-8(13)7(2)6-12-9(14)10(11)4-5-10/h7H,3-6,11H2,1-2H3,(H,12,14). The second-order valence-electron chi connectivity index (χ2n) is 4.02. The number of hydrogen-bond donors (Lipinski definition) is 2. The van der Waals surface area contributed by atoms with Crippen molar-refractivity contribution in [2.45, 2.75) is 32.2 Å². The monoisotopic (exact) mass is 214 g/mol. The molecule has 1 aliphatic rings. The van der Waals surface area contributed by atoms with E-state index in [0.29, 0.717) is 6.61 Å². The quantitative estimate of drug-likeness (QED) is 0.621. The summed E-state index contributed by atoms with van der Waals surface area (Å²) in [4.78, 5) is 22.6. The average Bonchev–Trinajstić information content (AvgIpc) is 2.94. The molecule has 1 aliphatic carbocycles. The third kappa shape index (κ3) is 3.20. The third-order valence-corrected chi connectivity index (χ3v) is 2.50. The molecular formula is C10H18N2O3. The Morgan fingerprint density at radius 2 is 2.13 bits per heavy atom. The van der Waals surface area contributed by atoms with Gasteiger partial charge in [-0.25, -0.2) is 0 Å². The van der Waals surface area contributed by atoms with Gasteiger partial charge in [-0.15, -0.1) is 0 Å². The molecule has 15 heavy (non-hydrogen) atoms. The lowest BCUT2D eigenvalue weighted by Crippen LogP contribution is -2.45. The maximum atomic E-state index is 11.4. The fourth-order valence-corrected chi connectivity index (χ4v) is 1.15. The topological polar surface area (TPSA) is 81.4 Å². The summed E-state index contributed by atoms with van der Waals surface area (Å²) in [7, 11) is 0. The third-order valence-electron chi connectivity index (χ3n) is 2.50. The van der Waals surface area contributed by atoms with Crippen LogP contribution in [0, 0.1) is 5.92 Å². The van der Waals surface area contributed by atoms with Crippen LogP contribution >= 0.6 is 0 Å². The van der Waals surface area contributed by atoms with E-state index in [4.69, 9.17) is 10.5 Å². The van der Waals surface area contributed by atoms with Crippen LogP contribution in [0.25, 0.3) is 0 Å². The smallest absolute Gasteiger partial charge is 0.310 e. The van der Waals surface area contributed by atoms with Crippen LogP contribution in [-0.4, -0.2) is 30.6 Å². The molecule has 1 saturated carbocycles. The van der Waals surface area contributed by atoms with Crippen LogP contribution in [-0.2, 0) is 14.3 Å². The van der Waals surface area contributed by atoms with Crippen LogP contribution < -0.4 is 11.1 Å². The number of ether oxygens (including phenoxy) is 1. The first-order valence-corrected chi connectivity index (χ1v) is 5.23. The minimum Gasteiger partial charge on any atom is -0.466 e. The van der Waals surface area contributed by atoms with Crippen molar-refractivity contribution >= 4 is 11.9 Å². The Kier molecular flexibility index (Phi) is 3.68. The second-order valence-corrected chi connectivity index (χ2v) is 4.02. The number of carbonyl (C=O) groups excluding carboxylic acids is 2. The van der Waals surface area contributed by atoms with Crippen molar-refractivity contribution < 1.29 is 14.3 Å². The van der Waals surface area contributed by atoms with Gasteiger partial charge in [0.15, 0.2) is 0 Å². The molecule has 0 aromatic carbocycles. The van der Waals surface area contributed by atoms with Gasteiger partial charge in [0.2, 0.25) is 5.91 Å². The molecule has 0 aromatic heterocycles. The number of rotatable bonds is 5. The average molecular weight is 214 g/mol. The molecule has 0 spiro atoms. The lowest BCUT2D eigenvalue weighted by Gasteiger charge is -2.13. The Morgan fingerprint density at radius 1 is 1.53 bits per heavy atom. The molecule has 0 aromatic rings. The van der Waals surface area contributed by atoms with Crippen molar-refractivity contribution in [2.75, 3.05) is 13.2 Å². The molecule has 1 rings (SSSR count). The molecule has 1 atom stereocenters. The van der Waals surface area contributed by atoms with Crippen molar-refractivity contribution in [1.82, 2.24) is 5.32 Å². The molecule has 0 bridgehead atoms. The zero-order valence-corrected chi connectivity index (χ0v) is 9.21. The van der Waals surface area contributed by atoms with Gasteiger partial charge in [0.25, 0.3) is 0 Å². The van der Waals surface area contributed by atoms with Crippen LogP contribution in [0.5, 0.6) is 0 Å². The Morgan fingerprint density at radius 3 is 2.60 bits per heavy atom. The summed E-state index contributed by atoms with van der Waals surface area (Å²) in [5.41, 5.74) is 5.01. The fourth-order valence-electron chi connectivity index (χ4n) is 1.15. The molecule has 0 heterocycles. The Labute approximate surface area is 89.3 Å². The number of esters is 1. The van der Waals surface area contributed by atoms with Gasteiger partial charge in [-0.05, 0) is 19.8 Å². The van der Waals surface area contributed by atoms with E-state index in [1.165, 1.54) is 0 Å². The molecule has 86 valence electrons. The van der Waals surface area contributed by atoms with E-state index in [0.717, 1.165) is 12.8 Å². The molecule has 5 heteroatoms. The fraction of sp³-hybridized carbons (Fsp3) is 0.800. The van der Waals surface area contributed by atoms with Crippen molar-refractivity contribution in [2.24, 2.45) is 11.7 Å². The minimum absolute atomic E-state index is 0.168. The first kappa shape index (κ1) is 12.0. The first-order valence-electron chi connectivity index (χ1n) is 5.23. The maximum Gasteiger partial charge on any atom is 0.310 e. The molecular weight excluding hydrogens is 196 g/mol. The largest absolute Gasteiger partial charge is 0.466 e. The van der Waals surface area contributed by atoms with E-state index in [1.807, 2.05) is 0 Å². The van der Waals surface area contributed by atoms with Crippen LogP contribution in [0.2, 0.25) is 0 Å². The molecule has 0 saturated heterocycles. The summed E-state index contributed by atoms with van der Waals surface area (Å²) in [6.07, 6.45) is 1.46. The number of carbonyl (C=O) groups is 2. The van der Waals surface area contributed by atoms with Gasteiger partial charge in [0.1, 0.15) is 0 Å². The van der Waals surface area contributed by atoms with E-state index >= 15 is 0 Å². The van der Waals surface area contributed by atoms with Gasteiger partial charge < -0.3 is 15.8 Å². The van der Waals surface area contributed by atoms with Crippen LogP contribution in [0.15, 0.2) is 0 Å². The van der Waals surface area contributed by atoms with Crippen molar-refractivity contribution in [3.05, 3.63) is 0 Å². The van der Waals surface area contributed by atoms with E-state index in [9.17, 15) is 9.59 Å². The Balaban J connectivity index is 2.24. The van der Waals surface area contributed by atoms with Gasteiger partial charge in [-0.2, -0.15) is 0 Å². The summed E-state index contributed by atoms with van der Waals surface area (Å²) in [5, 5.41) is 2.66. The van der Waals surface area contributed by atoms with Gasteiger partial charge in [0.05, 0.1) is 18.1 Å². The van der Waals surface area contributed by atoms with Crippen LogP contribution in [0.1, 0.15) is 26.7 Å². The predicted molar refractivity (Wildman–Crippen MR) is 55.0 cm³/mol. The predicted octanol–water partition coefficient (Wildman–Crippen LogP) is -0.207. The molecule has 0 radical (unpaired) electrons. The molecule has 1 unspecified atom stereocenters. The summed E-state index contributed by atoms with van der Waals surface area (Å²) in [6, 6.07) is 0. The van der Waals surface area contributed by atoms with E-state index in [1.54, 1.807) is 13.8 Å². The summed E-state index contributed by atoms with van der Waals surface area (Å²) >= 11 is 0. The lowest BCUT2D eigenvalue weighted by atomic mass is 10.1. The van der Waals surface area contributed by atoms with Gasteiger partial charge in [-0.3, -0.25) is 9.59 Å². The first-order chi connectivity index (χ1) is 6.99. The van der Waals surface area contributed by atoms with Gasteiger partial charge >= 0.3 is 5.97 Å². The van der Waals surface area contributed by atoms with Gasteiger partial charge in [-0.1, -0.05) is 6.92 Å². The Bertz CT molecular complexity index is 261. The molecule has 5 nitrogen and oxygen atoms in total. The molecule has 1 amide bonds. The van der Waals surface area contributed by atoms with E-state index in [2.05, 4.69) is 5.32 Å². The lowest BCUT2D eigenvalue weighted by molar-refractivity contribution is -0.147. The summed E-state index contributed by atoms with van der Waals surface area (Å²) in [6.45, 7) is 4.12. The highest BCUT2D eigenvalue weighted by Gasteiger charge is 2.45. The van der Waals surface area contributed by atoms with Crippen molar-refractivity contribution in [3.63, 3.8) is 0 Å². The van der Waals surface area contributed by atoms with E-state index < -0.39 is 5.54 Å². The molecule has 3 N–H and O–H groups in total. The normalized spacial score (nSPS) is 19.1. The van der Waals surface area contributed by atoms with Crippen molar-refractivity contribution in [1.29, 1.82) is 0 Å². The van der Waals surface area contributed by atoms with Crippen LogP contribution in [0.3, 0.4) is 0 Å². The number of hydrogen-bond acceptors (Lipinski definition) is 4. The highest BCUT2D eigenvalue weighted by Crippen LogP contribution is 2.32. The maximum absolute atomic E-state index is 11.4. The number of amides is 1. The zero-order valence-electron chi connectivity index (χ0n) is 9.21. The van der Waals surface area contributed by atoms with Crippen LogP contribution in [0.4, 0.5) is 0 Å². The van der Waals surface area contributed by atoms with Crippen molar-refractivity contribution in [3.8, 4) is 0 Å². The number of nitrogens with one attached hydrogen (secondary N) is 1. The highest BCUT2D eigenvalue weighted by atomic mass is 16.5. The Hall–Kier alpha value is -1.10. The SMILES string of the molecule is CCOC(=O)C(C)CNC(=O)C1(N)CC1. The summed E-state index contributed by atoms with van der Waals surface area (Å²) < 4.78 is 4.82. The minimum atomic E-state index is -0.672. The van der Waals surface area contributed by atoms with Gasteiger partial charge in [0, 0.05) is 6.54 Å². The zero-order chi connectivity index (χ0) is 11.5. The second kappa shape index (κ2) is 4.61. The molecule has 1 fully saturated rings. The highest BCUT2D eigenvalue weighted by molar-refractivity contribution is 5.89. The number of nitrogens with two attached hydrogens (primary N) is 1. The van der Waals surface area contributed by atoms with E-state index in [-0.39, 0.29) is 24.3 Å².